The molecule has 3 heterocycles. The zero-order valence-electron chi connectivity index (χ0n) is 16.1. The third kappa shape index (κ3) is 2.86. The Bertz CT molecular complexity index is 1070. The largest absolute Gasteiger partial charge is 0.446 e. The number of aromatic nitrogens is 5. The lowest BCUT2D eigenvalue weighted by Gasteiger charge is -2.33. The molecule has 0 aromatic carbocycles. The average Bonchev–Trinajstić information content (AvgIpc) is 3.21. The summed E-state index contributed by atoms with van der Waals surface area (Å²) < 4.78 is 21.7. The van der Waals surface area contributed by atoms with Gasteiger partial charge in [0.1, 0.15) is 22.6 Å². The number of alkyl halides is 1. The van der Waals surface area contributed by atoms with Crippen molar-refractivity contribution in [3.05, 3.63) is 40.2 Å². The number of hydrogen-bond acceptors (Lipinski definition) is 5. The minimum Gasteiger partial charge on any atom is -0.446 e. The third-order valence-corrected chi connectivity index (χ3v) is 6.41. The Kier molecular flexibility index (Phi) is 3.93. The van der Waals surface area contributed by atoms with E-state index in [2.05, 4.69) is 15.1 Å². The standard InChI is InChI=1S/C20H24FN5O2/c1-11-9-22-19(28-11)14-4-3-13(14)16-24-17-15(18(27)25-16)10-23-26(17)12-5-7-20(2,21)8-6-12/h9-10,12-14H,3-8H2,1-2H3,(H,24,25,27)/t12?,13-,14+,20?/m1/s1. The minimum atomic E-state index is -1.11. The van der Waals surface area contributed by atoms with Gasteiger partial charge in [0.25, 0.3) is 5.56 Å². The predicted molar refractivity (Wildman–Crippen MR) is 101 cm³/mol. The maximum absolute atomic E-state index is 14.2. The van der Waals surface area contributed by atoms with Gasteiger partial charge in [-0.2, -0.15) is 5.10 Å². The molecule has 0 radical (unpaired) electrons. The smallest absolute Gasteiger partial charge is 0.262 e. The highest BCUT2D eigenvalue weighted by Crippen LogP contribution is 2.47. The van der Waals surface area contributed by atoms with Crippen LogP contribution >= 0.6 is 0 Å². The van der Waals surface area contributed by atoms with Gasteiger partial charge >= 0.3 is 0 Å². The summed E-state index contributed by atoms with van der Waals surface area (Å²) in [6, 6.07) is 0.0788. The average molecular weight is 385 g/mol. The predicted octanol–water partition coefficient (Wildman–Crippen LogP) is 3.92. The number of aryl methyl sites for hydroxylation is 1. The summed E-state index contributed by atoms with van der Waals surface area (Å²) in [5.74, 6) is 2.37. The van der Waals surface area contributed by atoms with Gasteiger partial charge in [-0.15, -0.1) is 0 Å². The van der Waals surface area contributed by atoms with Crippen LogP contribution in [-0.4, -0.2) is 30.4 Å². The number of oxazole rings is 1. The Balaban J connectivity index is 1.49. The molecule has 8 heteroatoms. The quantitative estimate of drug-likeness (QED) is 0.738. The van der Waals surface area contributed by atoms with Crippen molar-refractivity contribution in [1.29, 1.82) is 0 Å². The maximum atomic E-state index is 14.2. The number of fused-ring (bicyclic) bond motifs is 1. The second kappa shape index (κ2) is 6.25. The van der Waals surface area contributed by atoms with Gasteiger partial charge in [-0.1, -0.05) is 0 Å². The van der Waals surface area contributed by atoms with Crippen molar-refractivity contribution in [3.63, 3.8) is 0 Å². The molecule has 2 fully saturated rings. The van der Waals surface area contributed by atoms with Crippen molar-refractivity contribution in [3.8, 4) is 0 Å². The van der Waals surface area contributed by atoms with E-state index in [1.54, 1.807) is 19.3 Å². The Morgan fingerprint density at radius 2 is 1.96 bits per heavy atom. The summed E-state index contributed by atoms with van der Waals surface area (Å²) in [6.07, 6.45) is 7.60. The first-order valence-corrected chi connectivity index (χ1v) is 10.00. The number of nitrogens with zero attached hydrogens (tertiary/aromatic N) is 4. The molecule has 0 aliphatic heterocycles. The molecule has 148 valence electrons. The second-order valence-corrected chi connectivity index (χ2v) is 8.52. The van der Waals surface area contributed by atoms with Crippen LogP contribution in [0.1, 0.15) is 80.8 Å². The fourth-order valence-electron chi connectivity index (χ4n) is 4.51. The van der Waals surface area contributed by atoms with E-state index in [9.17, 15) is 9.18 Å². The Morgan fingerprint density at radius 3 is 2.61 bits per heavy atom. The van der Waals surface area contributed by atoms with E-state index >= 15 is 0 Å². The first-order valence-electron chi connectivity index (χ1n) is 10.00. The molecule has 2 saturated carbocycles. The minimum absolute atomic E-state index is 0.0788. The monoisotopic (exact) mass is 385 g/mol. The van der Waals surface area contributed by atoms with Crippen LogP contribution in [0.5, 0.6) is 0 Å². The molecule has 1 N–H and O–H groups in total. The maximum Gasteiger partial charge on any atom is 0.262 e. The van der Waals surface area contributed by atoms with Crippen molar-refractivity contribution >= 4 is 11.0 Å². The lowest BCUT2D eigenvalue weighted by atomic mass is 9.73. The molecule has 2 aliphatic rings. The fraction of sp³-hybridized carbons (Fsp3) is 0.600. The molecular weight excluding hydrogens is 361 g/mol. The van der Waals surface area contributed by atoms with E-state index in [1.807, 2.05) is 11.6 Å². The molecule has 7 nitrogen and oxygen atoms in total. The van der Waals surface area contributed by atoms with Crippen molar-refractivity contribution in [2.24, 2.45) is 0 Å². The van der Waals surface area contributed by atoms with Gasteiger partial charge in [0.2, 0.25) is 0 Å². The highest BCUT2D eigenvalue weighted by atomic mass is 19.1. The van der Waals surface area contributed by atoms with Crippen molar-refractivity contribution in [2.75, 3.05) is 0 Å². The first-order chi connectivity index (χ1) is 13.4. The SMILES string of the molecule is Cc1cnc([C@H]2CC[C@H]2c2nc3c(cnn3C3CCC(C)(F)CC3)c(=O)[nH]2)o1. The topological polar surface area (TPSA) is 89.6 Å². The van der Waals surface area contributed by atoms with E-state index in [1.165, 1.54) is 0 Å². The fourth-order valence-corrected chi connectivity index (χ4v) is 4.51. The second-order valence-electron chi connectivity index (χ2n) is 8.52. The Hall–Kier alpha value is -2.51. The summed E-state index contributed by atoms with van der Waals surface area (Å²) in [4.78, 5) is 24.7. The van der Waals surface area contributed by atoms with Gasteiger partial charge in [0, 0.05) is 11.8 Å². The van der Waals surface area contributed by atoms with Crippen LogP contribution in [0.2, 0.25) is 0 Å². The highest BCUT2D eigenvalue weighted by molar-refractivity contribution is 5.73. The van der Waals surface area contributed by atoms with Crippen LogP contribution in [0.4, 0.5) is 4.39 Å². The number of nitrogens with one attached hydrogen (secondary N) is 1. The highest BCUT2D eigenvalue weighted by Gasteiger charge is 2.39. The van der Waals surface area contributed by atoms with Gasteiger partial charge in [0.05, 0.1) is 18.4 Å². The van der Waals surface area contributed by atoms with E-state index in [0.29, 0.717) is 48.4 Å². The van der Waals surface area contributed by atoms with E-state index in [-0.39, 0.29) is 23.4 Å². The van der Waals surface area contributed by atoms with Crippen molar-refractivity contribution in [2.45, 2.75) is 75.9 Å². The molecule has 0 saturated heterocycles. The Labute approximate surface area is 161 Å². The normalized spacial score (nSPS) is 30.5. The van der Waals surface area contributed by atoms with Crippen LogP contribution in [0.25, 0.3) is 11.0 Å². The molecule has 5 rings (SSSR count). The Morgan fingerprint density at radius 1 is 1.21 bits per heavy atom. The summed E-state index contributed by atoms with van der Waals surface area (Å²) in [6.45, 7) is 3.54. The van der Waals surface area contributed by atoms with Gasteiger partial charge in [0.15, 0.2) is 11.5 Å². The summed E-state index contributed by atoms with van der Waals surface area (Å²) in [7, 11) is 0. The number of hydrogen-bond donors (Lipinski definition) is 1. The van der Waals surface area contributed by atoms with Crippen LogP contribution in [0.15, 0.2) is 21.6 Å². The molecule has 3 aromatic heterocycles. The molecule has 0 spiro atoms. The van der Waals surface area contributed by atoms with Crippen LogP contribution in [0, 0.1) is 6.92 Å². The van der Waals surface area contributed by atoms with Crippen LogP contribution < -0.4 is 5.56 Å². The van der Waals surface area contributed by atoms with E-state index in [4.69, 9.17) is 9.40 Å². The van der Waals surface area contributed by atoms with Crippen LogP contribution in [-0.2, 0) is 0 Å². The molecule has 2 aliphatic carbocycles. The van der Waals surface area contributed by atoms with Gasteiger partial charge < -0.3 is 9.40 Å². The zero-order chi connectivity index (χ0) is 19.5. The number of rotatable bonds is 3. The summed E-state index contributed by atoms with van der Waals surface area (Å²) in [5, 5.41) is 4.92. The number of halogens is 1. The van der Waals surface area contributed by atoms with Gasteiger partial charge in [-0.3, -0.25) is 4.79 Å². The molecule has 0 amide bonds. The summed E-state index contributed by atoms with van der Waals surface area (Å²) in [5.41, 5.74) is -0.685. The van der Waals surface area contributed by atoms with E-state index < -0.39 is 5.67 Å². The lowest BCUT2D eigenvalue weighted by Crippen LogP contribution is -2.29. The molecule has 3 aromatic rings. The van der Waals surface area contributed by atoms with Crippen molar-refractivity contribution in [1.82, 2.24) is 24.7 Å². The summed E-state index contributed by atoms with van der Waals surface area (Å²) >= 11 is 0. The molecule has 0 bridgehead atoms. The van der Waals surface area contributed by atoms with Crippen molar-refractivity contribution < 1.29 is 8.81 Å². The molecule has 0 unspecified atom stereocenters. The zero-order valence-corrected chi connectivity index (χ0v) is 16.1. The lowest BCUT2D eigenvalue weighted by molar-refractivity contribution is 0.103. The molecular formula is C20H24FN5O2. The van der Waals surface area contributed by atoms with Gasteiger partial charge in [-0.05, 0) is 52.4 Å². The van der Waals surface area contributed by atoms with Gasteiger partial charge in [-0.25, -0.2) is 19.0 Å². The third-order valence-electron chi connectivity index (χ3n) is 6.41. The number of aromatic amines is 1. The molecule has 2 atom stereocenters. The molecule has 28 heavy (non-hydrogen) atoms. The number of H-pyrrole nitrogens is 1. The van der Waals surface area contributed by atoms with Crippen LogP contribution in [0.3, 0.4) is 0 Å². The first kappa shape index (κ1) is 17.6. The van der Waals surface area contributed by atoms with E-state index in [0.717, 1.165) is 18.6 Å².